The minimum Gasteiger partial charge on any atom is -0.296 e. The quantitative estimate of drug-likeness (QED) is 0.593. The Hall–Kier alpha value is -1.04. The van der Waals surface area contributed by atoms with Gasteiger partial charge in [0.2, 0.25) is 10.0 Å². The molecule has 32 heavy (non-hydrogen) atoms. The monoisotopic (exact) mass is 484 g/mol. The van der Waals surface area contributed by atoms with E-state index in [9.17, 15) is 16.8 Å². The summed E-state index contributed by atoms with van der Waals surface area (Å²) in [6, 6.07) is 6.99. The van der Waals surface area contributed by atoms with Crippen molar-refractivity contribution in [2.24, 2.45) is 5.92 Å². The van der Waals surface area contributed by atoms with E-state index < -0.39 is 20.2 Å². The van der Waals surface area contributed by atoms with Gasteiger partial charge < -0.3 is 0 Å². The molecule has 0 radical (unpaired) electrons. The molecule has 8 nitrogen and oxygen atoms in total. The van der Waals surface area contributed by atoms with E-state index >= 15 is 0 Å². The predicted molar refractivity (Wildman–Crippen MR) is 126 cm³/mol. The van der Waals surface area contributed by atoms with Crippen molar-refractivity contribution < 1.29 is 16.8 Å². The van der Waals surface area contributed by atoms with Crippen LogP contribution >= 0.6 is 0 Å². The fourth-order valence-electron chi connectivity index (χ4n) is 5.59. The number of rotatable bonds is 7. The molecule has 0 amide bonds. The molecule has 0 unspecified atom stereocenters. The molecule has 4 rings (SSSR count). The normalized spacial score (nSPS) is 27.1. The number of piperidine rings is 2. The molecule has 2 fully saturated rings. The van der Waals surface area contributed by atoms with Gasteiger partial charge in [0.05, 0.1) is 5.75 Å². The molecular formula is C22H36N4O4S2. The van der Waals surface area contributed by atoms with Crippen molar-refractivity contribution >= 4 is 20.2 Å². The van der Waals surface area contributed by atoms with Gasteiger partial charge in [0.1, 0.15) is 0 Å². The molecule has 10 heteroatoms. The van der Waals surface area contributed by atoms with Gasteiger partial charge in [-0.3, -0.25) is 4.90 Å². The molecule has 3 atom stereocenters. The zero-order valence-corrected chi connectivity index (χ0v) is 21.0. The first-order valence-electron chi connectivity index (χ1n) is 11.6. The number of nitrogens with zero attached hydrogens (tertiary/aromatic N) is 3. The number of benzene rings is 1. The highest BCUT2D eigenvalue weighted by atomic mass is 32.2. The van der Waals surface area contributed by atoms with Crippen LogP contribution in [0.1, 0.15) is 48.4 Å². The van der Waals surface area contributed by atoms with Gasteiger partial charge in [0, 0.05) is 52.4 Å². The van der Waals surface area contributed by atoms with E-state index in [0.717, 1.165) is 43.1 Å². The zero-order chi connectivity index (χ0) is 23.1. The predicted octanol–water partition coefficient (Wildman–Crippen LogP) is 1.49. The second kappa shape index (κ2) is 9.31. The molecule has 180 valence electrons. The third-order valence-electron chi connectivity index (χ3n) is 7.27. The van der Waals surface area contributed by atoms with Gasteiger partial charge in [0.25, 0.3) is 10.2 Å². The average molecular weight is 485 g/mol. The summed E-state index contributed by atoms with van der Waals surface area (Å²) in [7, 11) is -4.09. The minimum atomic E-state index is -3.54. The van der Waals surface area contributed by atoms with Gasteiger partial charge in [0.15, 0.2) is 0 Å². The van der Waals surface area contributed by atoms with Gasteiger partial charge >= 0.3 is 0 Å². The average Bonchev–Trinajstić information content (AvgIpc) is 2.74. The summed E-state index contributed by atoms with van der Waals surface area (Å²) >= 11 is 0. The highest BCUT2D eigenvalue weighted by Crippen LogP contribution is 2.43. The Morgan fingerprint density at radius 2 is 1.94 bits per heavy atom. The Bertz CT molecular complexity index is 1040. The van der Waals surface area contributed by atoms with Crippen LogP contribution in [0.2, 0.25) is 0 Å². The van der Waals surface area contributed by atoms with Gasteiger partial charge in [-0.1, -0.05) is 23.8 Å². The SMILES string of the molecule is Cc1ccc2c(c1)CCN1C[C@H]3CCCN(S(=O)(=O)CCCNS(=O)(=O)N(C)C)[C@H]3C[C@@H]21. The number of nitrogens with one attached hydrogen (secondary N) is 1. The van der Waals surface area contributed by atoms with Crippen molar-refractivity contribution in [3.63, 3.8) is 0 Å². The van der Waals surface area contributed by atoms with E-state index in [-0.39, 0.29) is 30.8 Å². The fourth-order valence-corrected chi connectivity index (χ4v) is 8.07. The molecular weight excluding hydrogens is 448 g/mol. The molecule has 0 saturated carbocycles. The van der Waals surface area contributed by atoms with Crippen molar-refractivity contribution in [3.05, 3.63) is 34.9 Å². The molecule has 0 spiro atoms. The topological polar surface area (TPSA) is 90.0 Å². The van der Waals surface area contributed by atoms with Crippen molar-refractivity contribution in [3.8, 4) is 0 Å². The Morgan fingerprint density at radius 1 is 1.16 bits per heavy atom. The lowest BCUT2D eigenvalue weighted by molar-refractivity contribution is 0.0220. The van der Waals surface area contributed by atoms with Crippen molar-refractivity contribution in [1.29, 1.82) is 0 Å². The maximum absolute atomic E-state index is 13.3. The highest BCUT2D eigenvalue weighted by Gasteiger charge is 2.45. The molecule has 3 heterocycles. The smallest absolute Gasteiger partial charge is 0.278 e. The van der Waals surface area contributed by atoms with Crippen molar-refractivity contribution in [2.45, 2.75) is 51.1 Å². The fraction of sp³-hybridized carbons (Fsp3) is 0.727. The van der Waals surface area contributed by atoms with E-state index in [1.807, 2.05) is 0 Å². The van der Waals surface area contributed by atoms with Crippen LogP contribution in [-0.2, 0) is 26.7 Å². The van der Waals surface area contributed by atoms with Gasteiger partial charge in [-0.2, -0.15) is 17.0 Å². The Labute approximate surface area is 193 Å². The van der Waals surface area contributed by atoms with Gasteiger partial charge in [-0.25, -0.2) is 13.1 Å². The first-order chi connectivity index (χ1) is 15.1. The van der Waals surface area contributed by atoms with Crippen LogP contribution in [0.5, 0.6) is 0 Å². The molecule has 1 aromatic rings. The van der Waals surface area contributed by atoms with E-state index in [1.165, 1.54) is 30.8 Å². The van der Waals surface area contributed by atoms with Crippen LogP contribution in [-0.4, -0.2) is 82.4 Å². The zero-order valence-electron chi connectivity index (χ0n) is 19.3. The lowest BCUT2D eigenvalue weighted by atomic mass is 9.77. The Morgan fingerprint density at radius 3 is 2.69 bits per heavy atom. The lowest BCUT2D eigenvalue weighted by Gasteiger charge is -2.51. The molecule has 1 N–H and O–H groups in total. The molecule has 1 aromatic carbocycles. The van der Waals surface area contributed by atoms with Crippen LogP contribution in [0.4, 0.5) is 0 Å². The summed E-state index contributed by atoms with van der Waals surface area (Å²) in [5.41, 5.74) is 4.04. The maximum atomic E-state index is 13.3. The summed E-state index contributed by atoms with van der Waals surface area (Å²) in [5, 5.41) is 0. The molecule has 0 aromatic heterocycles. The summed E-state index contributed by atoms with van der Waals surface area (Å²) in [4.78, 5) is 2.56. The van der Waals surface area contributed by atoms with E-state index in [0.29, 0.717) is 12.5 Å². The van der Waals surface area contributed by atoms with Crippen LogP contribution in [0.3, 0.4) is 0 Å². The van der Waals surface area contributed by atoms with Crippen LogP contribution in [0.25, 0.3) is 0 Å². The van der Waals surface area contributed by atoms with Gasteiger partial charge in [-0.15, -0.1) is 0 Å². The number of hydrogen-bond acceptors (Lipinski definition) is 5. The first-order valence-corrected chi connectivity index (χ1v) is 14.6. The second-order valence-electron chi connectivity index (χ2n) is 9.63. The maximum Gasteiger partial charge on any atom is 0.278 e. The van der Waals surface area contributed by atoms with E-state index in [2.05, 4.69) is 34.7 Å². The molecule has 3 aliphatic heterocycles. The minimum absolute atomic E-state index is 0.0284. The van der Waals surface area contributed by atoms with Crippen molar-refractivity contribution in [1.82, 2.24) is 18.2 Å². The Kier molecular flexibility index (Phi) is 7.01. The standard InChI is InChI=1S/C22H36N4O4S2/c1-17-7-8-20-18(14-17)9-12-25-16-19-6-4-11-26(21(19)15-22(20)25)31(27,28)13-5-10-23-32(29,30)24(2)3/h7-8,14,19,21-23H,4-6,9-13,15-16H2,1-3H3/t19-,21+,22+/m1/s1. The van der Waals surface area contributed by atoms with E-state index in [1.54, 1.807) is 4.31 Å². The molecule has 3 aliphatic rings. The first kappa shape index (κ1) is 24.1. The van der Waals surface area contributed by atoms with Crippen LogP contribution in [0, 0.1) is 12.8 Å². The third-order valence-corrected chi connectivity index (χ3v) is 10.8. The van der Waals surface area contributed by atoms with Gasteiger partial charge in [-0.05, 0) is 56.1 Å². The van der Waals surface area contributed by atoms with Crippen molar-refractivity contribution in [2.75, 3.05) is 46.0 Å². The highest BCUT2D eigenvalue weighted by molar-refractivity contribution is 7.89. The number of fused-ring (bicyclic) bond motifs is 4. The van der Waals surface area contributed by atoms with Crippen LogP contribution in [0.15, 0.2) is 18.2 Å². The third kappa shape index (κ3) is 4.90. The summed E-state index contributed by atoms with van der Waals surface area (Å²) < 4.78 is 55.5. The Balaban J connectivity index is 1.45. The number of hydrogen-bond donors (Lipinski definition) is 1. The summed E-state index contributed by atoms with van der Waals surface area (Å²) in [6.45, 7) is 4.81. The lowest BCUT2D eigenvalue weighted by Crippen LogP contribution is -2.57. The number of aryl methyl sites for hydroxylation is 1. The molecule has 0 bridgehead atoms. The number of sulfonamides is 1. The second-order valence-corrected chi connectivity index (χ2v) is 13.6. The van der Waals surface area contributed by atoms with Crippen LogP contribution < -0.4 is 4.72 Å². The summed E-state index contributed by atoms with van der Waals surface area (Å²) in [5.74, 6) is 0.338. The van der Waals surface area contributed by atoms with E-state index in [4.69, 9.17) is 0 Å². The summed E-state index contributed by atoms with van der Waals surface area (Å²) in [6.07, 6.45) is 4.13. The molecule has 0 aliphatic carbocycles. The molecule has 2 saturated heterocycles. The largest absolute Gasteiger partial charge is 0.296 e.